The van der Waals surface area contributed by atoms with Crippen molar-refractivity contribution in [3.8, 4) is 0 Å². The minimum atomic E-state index is 0.200. The van der Waals surface area contributed by atoms with E-state index in [0.29, 0.717) is 12.1 Å². The first-order valence-electron chi connectivity index (χ1n) is 7.65. The maximum atomic E-state index is 12.9. The van der Waals surface area contributed by atoms with Gasteiger partial charge in [-0.3, -0.25) is 4.79 Å². The van der Waals surface area contributed by atoms with Gasteiger partial charge >= 0.3 is 0 Å². The standard InChI is InChI=1S/C15H23N3OS/c1-10-14(20-11(2)17-10)15(19)18-9-4-3-7-13(18)12-6-5-8-16-12/h12-13,16H,3-9H2,1-2H3. The van der Waals surface area contributed by atoms with Crippen LogP contribution in [0.4, 0.5) is 0 Å². The lowest BCUT2D eigenvalue weighted by molar-refractivity contribution is 0.0567. The van der Waals surface area contributed by atoms with Crippen molar-refractivity contribution in [2.75, 3.05) is 13.1 Å². The number of thiazole rings is 1. The fourth-order valence-electron chi connectivity index (χ4n) is 3.53. The highest BCUT2D eigenvalue weighted by molar-refractivity contribution is 7.13. The van der Waals surface area contributed by atoms with E-state index in [2.05, 4.69) is 15.2 Å². The van der Waals surface area contributed by atoms with Crippen LogP contribution in [0.15, 0.2) is 0 Å². The maximum absolute atomic E-state index is 12.9. The summed E-state index contributed by atoms with van der Waals surface area (Å²) in [6.45, 7) is 5.92. The van der Waals surface area contributed by atoms with Crippen LogP contribution in [-0.2, 0) is 0 Å². The second-order valence-corrected chi connectivity index (χ2v) is 7.12. The minimum absolute atomic E-state index is 0.200. The lowest BCUT2D eigenvalue weighted by Crippen LogP contribution is -2.52. The average molecular weight is 293 g/mol. The Morgan fingerprint density at radius 2 is 2.15 bits per heavy atom. The highest BCUT2D eigenvalue weighted by Gasteiger charge is 2.35. The van der Waals surface area contributed by atoms with Gasteiger partial charge in [-0.1, -0.05) is 0 Å². The third-order valence-electron chi connectivity index (χ3n) is 4.47. The number of amides is 1. The lowest BCUT2D eigenvalue weighted by Gasteiger charge is -2.39. The summed E-state index contributed by atoms with van der Waals surface area (Å²) in [5, 5.41) is 4.56. The van der Waals surface area contributed by atoms with Gasteiger partial charge in [0.1, 0.15) is 4.88 Å². The van der Waals surface area contributed by atoms with E-state index in [-0.39, 0.29) is 5.91 Å². The van der Waals surface area contributed by atoms with Crippen LogP contribution in [0, 0.1) is 13.8 Å². The Morgan fingerprint density at radius 1 is 1.30 bits per heavy atom. The molecule has 20 heavy (non-hydrogen) atoms. The van der Waals surface area contributed by atoms with Crippen LogP contribution >= 0.6 is 11.3 Å². The Hall–Kier alpha value is -0.940. The third-order valence-corrected chi connectivity index (χ3v) is 5.53. The molecule has 110 valence electrons. The highest BCUT2D eigenvalue weighted by atomic mass is 32.1. The first-order valence-corrected chi connectivity index (χ1v) is 8.47. The number of hydrogen-bond acceptors (Lipinski definition) is 4. The third kappa shape index (κ3) is 2.61. The minimum Gasteiger partial charge on any atom is -0.333 e. The van der Waals surface area contributed by atoms with Gasteiger partial charge in [-0.2, -0.15) is 0 Å². The topological polar surface area (TPSA) is 45.2 Å². The van der Waals surface area contributed by atoms with Crippen LogP contribution in [0.2, 0.25) is 0 Å². The van der Waals surface area contributed by atoms with E-state index >= 15 is 0 Å². The number of carbonyl (C=O) groups is 1. The van der Waals surface area contributed by atoms with Crippen LogP contribution < -0.4 is 5.32 Å². The summed E-state index contributed by atoms with van der Waals surface area (Å²) in [5.74, 6) is 0.200. The Balaban J connectivity index is 1.82. The zero-order valence-corrected chi connectivity index (χ0v) is 13.1. The number of nitrogens with one attached hydrogen (secondary N) is 1. The summed E-state index contributed by atoms with van der Waals surface area (Å²) >= 11 is 1.54. The smallest absolute Gasteiger partial charge is 0.266 e. The number of rotatable bonds is 2. The number of aromatic nitrogens is 1. The van der Waals surface area contributed by atoms with Crippen LogP contribution in [0.1, 0.15) is 52.5 Å². The van der Waals surface area contributed by atoms with Crippen molar-refractivity contribution in [1.29, 1.82) is 0 Å². The van der Waals surface area contributed by atoms with Crippen molar-refractivity contribution in [2.24, 2.45) is 0 Å². The Kier molecular flexibility index (Phi) is 4.08. The predicted molar refractivity (Wildman–Crippen MR) is 81.3 cm³/mol. The van der Waals surface area contributed by atoms with Gasteiger partial charge in [0.05, 0.1) is 10.7 Å². The number of hydrogen-bond donors (Lipinski definition) is 1. The number of piperidine rings is 1. The Labute approximate surface area is 124 Å². The van der Waals surface area contributed by atoms with E-state index in [1.165, 1.54) is 30.6 Å². The molecular formula is C15H23N3OS. The molecule has 0 bridgehead atoms. The quantitative estimate of drug-likeness (QED) is 0.911. The molecule has 3 rings (SSSR count). The van der Waals surface area contributed by atoms with Crippen LogP contribution in [0.5, 0.6) is 0 Å². The molecule has 2 atom stereocenters. The number of nitrogens with zero attached hydrogens (tertiary/aromatic N) is 2. The molecule has 2 unspecified atom stereocenters. The molecule has 0 spiro atoms. The van der Waals surface area contributed by atoms with E-state index < -0.39 is 0 Å². The van der Waals surface area contributed by atoms with E-state index in [1.807, 2.05) is 13.8 Å². The van der Waals surface area contributed by atoms with Crippen molar-refractivity contribution in [2.45, 2.75) is 58.0 Å². The van der Waals surface area contributed by atoms with Crippen molar-refractivity contribution < 1.29 is 4.79 Å². The summed E-state index contributed by atoms with van der Waals surface area (Å²) in [6.07, 6.45) is 5.95. The monoisotopic (exact) mass is 293 g/mol. The molecule has 2 fully saturated rings. The van der Waals surface area contributed by atoms with E-state index in [9.17, 15) is 4.79 Å². The molecule has 1 amide bonds. The van der Waals surface area contributed by atoms with E-state index in [4.69, 9.17) is 0 Å². The summed E-state index contributed by atoms with van der Waals surface area (Å²) in [6, 6.07) is 0.870. The summed E-state index contributed by atoms with van der Waals surface area (Å²) in [5.41, 5.74) is 0.890. The molecule has 2 aliphatic rings. The van der Waals surface area contributed by atoms with Gasteiger partial charge in [0.15, 0.2) is 0 Å². The fourth-order valence-corrected chi connectivity index (χ4v) is 4.40. The van der Waals surface area contributed by atoms with Gasteiger partial charge in [0.2, 0.25) is 0 Å². The van der Waals surface area contributed by atoms with Gasteiger partial charge < -0.3 is 10.2 Å². The molecular weight excluding hydrogens is 270 g/mol. The van der Waals surface area contributed by atoms with Gasteiger partial charge in [0.25, 0.3) is 5.91 Å². The van der Waals surface area contributed by atoms with Crippen molar-refractivity contribution >= 4 is 17.2 Å². The van der Waals surface area contributed by atoms with Gasteiger partial charge in [-0.05, 0) is 52.5 Å². The van der Waals surface area contributed by atoms with E-state index in [1.54, 1.807) is 0 Å². The zero-order valence-electron chi connectivity index (χ0n) is 12.3. The predicted octanol–water partition coefficient (Wildman–Crippen LogP) is 2.51. The SMILES string of the molecule is Cc1nc(C)c(C(=O)N2CCCCC2C2CCCN2)s1. The van der Waals surface area contributed by atoms with Crippen molar-refractivity contribution in [3.63, 3.8) is 0 Å². The molecule has 2 saturated heterocycles. The molecule has 4 nitrogen and oxygen atoms in total. The number of carbonyl (C=O) groups excluding carboxylic acids is 1. The first kappa shape index (κ1) is 14.0. The van der Waals surface area contributed by atoms with Crippen LogP contribution in [0.3, 0.4) is 0 Å². The summed E-state index contributed by atoms with van der Waals surface area (Å²) < 4.78 is 0. The maximum Gasteiger partial charge on any atom is 0.266 e. The second kappa shape index (κ2) is 5.82. The van der Waals surface area contributed by atoms with Gasteiger partial charge in [-0.15, -0.1) is 11.3 Å². The summed E-state index contributed by atoms with van der Waals surface area (Å²) in [7, 11) is 0. The average Bonchev–Trinajstić information content (AvgIpc) is 3.07. The van der Waals surface area contributed by atoms with Gasteiger partial charge in [0, 0.05) is 18.6 Å². The lowest BCUT2D eigenvalue weighted by atomic mass is 9.94. The molecule has 2 aliphatic heterocycles. The molecule has 1 aromatic heterocycles. The Bertz CT molecular complexity index is 493. The molecule has 5 heteroatoms. The summed E-state index contributed by atoms with van der Waals surface area (Å²) in [4.78, 5) is 20.2. The molecule has 1 aromatic rings. The zero-order chi connectivity index (χ0) is 14.1. The molecule has 1 N–H and O–H groups in total. The second-order valence-electron chi connectivity index (χ2n) is 5.91. The normalized spacial score (nSPS) is 27.0. The molecule has 0 radical (unpaired) electrons. The largest absolute Gasteiger partial charge is 0.333 e. The van der Waals surface area contributed by atoms with Crippen LogP contribution in [0.25, 0.3) is 0 Å². The Morgan fingerprint density at radius 3 is 2.80 bits per heavy atom. The number of likely N-dealkylation sites (tertiary alicyclic amines) is 1. The van der Waals surface area contributed by atoms with E-state index in [0.717, 1.165) is 41.5 Å². The number of aryl methyl sites for hydroxylation is 2. The molecule has 0 aliphatic carbocycles. The molecule has 0 aromatic carbocycles. The van der Waals surface area contributed by atoms with Gasteiger partial charge in [-0.25, -0.2) is 4.98 Å². The van der Waals surface area contributed by atoms with Crippen molar-refractivity contribution in [3.05, 3.63) is 15.6 Å². The first-order chi connectivity index (χ1) is 9.66. The van der Waals surface area contributed by atoms with Crippen LogP contribution in [-0.4, -0.2) is 41.0 Å². The molecule has 0 saturated carbocycles. The molecule has 3 heterocycles. The fraction of sp³-hybridized carbons (Fsp3) is 0.733. The van der Waals surface area contributed by atoms with Crippen molar-refractivity contribution in [1.82, 2.24) is 15.2 Å². The highest BCUT2D eigenvalue weighted by Crippen LogP contribution is 2.28.